The summed E-state index contributed by atoms with van der Waals surface area (Å²) in [6.45, 7) is 7.70. The number of carbonyl (C=O) groups is 1. The van der Waals surface area contributed by atoms with Crippen molar-refractivity contribution in [3.8, 4) is 5.75 Å². The van der Waals surface area contributed by atoms with Gasteiger partial charge < -0.3 is 9.47 Å². The van der Waals surface area contributed by atoms with Gasteiger partial charge in [-0.3, -0.25) is 4.79 Å². The van der Waals surface area contributed by atoms with Crippen LogP contribution in [0.2, 0.25) is 0 Å². The molecule has 0 amide bonds. The van der Waals surface area contributed by atoms with Gasteiger partial charge in [0.25, 0.3) is 0 Å². The SMILES string of the molecule is C=C=CCOc1ccc(S(=O)(=O)N2CCSC(C)(C)[C@@H]2C(=O)OC)cc1. The quantitative estimate of drug-likeness (QED) is 0.542. The fraction of sp³-hybridized carbons (Fsp3) is 0.444. The smallest absolute Gasteiger partial charge is 0.325 e. The number of methoxy groups -OCH3 is 1. The Morgan fingerprint density at radius 3 is 2.65 bits per heavy atom. The number of esters is 1. The molecule has 0 radical (unpaired) electrons. The third-order valence-electron chi connectivity index (χ3n) is 4.06. The number of ether oxygens (including phenoxy) is 2. The standard InChI is InChI=1S/C18H23NO5S2/c1-5-6-12-24-14-7-9-15(10-8-14)26(21,22)19-11-13-25-18(2,3)16(19)17(20)23-4/h6-10,16H,1,11-13H2,2-4H3/t16-/m0/s1. The van der Waals surface area contributed by atoms with E-state index < -0.39 is 26.8 Å². The highest BCUT2D eigenvalue weighted by Crippen LogP contribution is 2.38. The molecule has 1 aliphatic rings. The monoisotopic (exact) mass is 397 g/mol. The second-order valence-corrected chi connectivity index (χ2v) is 9.82. The number of carbonyl (C=O) groups excluding carboxylic acids is 1. The largest absolute Gasteiger partial charge is 0.489 e. The molecule has 0 spiro atoms. The average Bonchev–Trinajstić information content (AvgIpc) is 2.61. The minimum Gasteiger partial charge on any atom is -0.489 e. The Bertz CT molecular complexity index is 795. The predicted molar refractivity (Wildman–Crippen MR) is 102 cm³/mol. The van der Waals surface area contributed by atoms with Gasteiger partial charge in [-0.25, -0.2) is 8.42 Å². The Morgan fingerprint density at radius 2 is 2.08 bits per heavy atom. The first-order chi connectivity index (χ1) is 12.2. The van der Waals surface area contributed by atoms with E-state index in [0.29, 0.717) is 18.1 Å². The number of rotatable bonds is 6. The van der Waals surface area contributed by atoms with Gasteiger partial charge in [0.15, 0.2) is 0 Å². The number of hydrogen-bond acceptors (Lipinski definition) is 6. The fourth-order valence-electron chi connectivity index (χ4n) is 2.77. The zero-order valence-electron chi connectivity index (χ0n) is 15.1. The topological polar surface area (TPSA) is 72.9 Å². The van der Waals surface area contributed by atoms with Crippen LogP contribution in [0.25, 0.3) is 0 Å². The number of sulfonamides is 1. The average molecular weight is 398 g/mol. The highest BCUT2D eigenvalue weighted by atomic mass is 32.2. The molecular formula is C18H23NO5S2. The summed E-state index contributed by atoms with van der Waals surface area (Å²) in [6.07, 6.45) is 1.62. The molecule has 8 heteroatoms. The van der Waals surface area contributed by atoms with Crippen LogP contribution in [-0.4, -0.2) is 55.5 Å². The number of thioether (sulfide) groups is 1. The number of nitrogens with zero attached hydrogens (tertiary/aromatic N) is 1. The summed E-state index contributed by atoms with van der Waals surface area (Å²) >= 11 is 1.56. The van der Waals surface area contributed by atoms with E-state index in [2.05, 4.69) is 12.3 Å². The lowest BCUT2D eigenvalue weighted by atomic mass is 10.0. The van der Waals surface area contributed by atoms with Gasteiger partial charge in [-0.15, -0.1) is 5.73 Å². The molecule has 0 N–H and O–H groups in total. The van der Waals surface area contributed by atoms with Gasteiger partial charge >= 0.3 is 5.97 Å². The van der Waals surface area contributed by atoms with Crippen molar-refractivity contribution in [3.63, 3.8) is 0 Å². The van der Waals surface area contributed by atoms with Crippen LogP contribution in [0.15, 0.2) is 47.5 Å². The van der Waals surface area contributed by atoms with E-state index in [1.807, 2.05) is 13.8 Å². The Labute approximate surface area is 158 Å². The third kappa shape index (κ3) is 4.32. The van der Waals surface area contributed by atoms with Crippen LogP contribution >= 0.6 is 11.8 Å². The van der Waals surface area contributed by atoms with Crippen LogP contribution in [0.4, 0.5) is 0 Å². The second kappa shape index (κ2) is 8.31. The van der Waals surface area contributed by atoms with Gasteiger partial charge in [0, 0.05) is 17.0 Å². The van der Waals surface area contributed by atoms with Crippen molar-refractivity contribution in [1.82, 2.24) is 4.31 Å². The van der Waals surface area contributed by atoms with Crippen molar-refractivity contribution in [2.75, 3.05) is 26.0 Å². The van der Waals surface area contributed by atoms with Crippen molar-refractivity contribution >= 4 is 27.8 Å². The zero-order chi connectivity index (χ0) is 19.4. The molecule has 1 aromatic rings. The Morgan fingerprint density at radius 1 is 1.42 bits per heavy atom. The number of hydrogen-bond donors (Lipinski definition) is 0. The summed E-state index contributed by atoms with van der Waals surface area (Å²) < 4.78 is 37.2. The molecule has 1 atom stereocenters. The molecular weight excluding hydrogens is 374 g/mol. The summed E-state index contributed by atoms with van der Waals surface area (Å²) in [6, 6.07) is 5.24. The molecule has 1 aromatic carbocycles. The lowest BCUT2D eigenvalue weighted by Gasteiger charge is -2.43. The minimum absolute atomic E-state index is 0.112. The fourth-order valence-corrected chi connectivity index (χ4v) is 5.85. The van der Waals surface area contributed by atoms with E-state index in [0.717, 1.165) is 0 Å². The Kier molecular flexibility index (Phi) is 6.58. The van der Waals surface area contributed by atoms with Crippen LogP contribution < -0.4 is 4.74 Å². The van der Waals surface area contributed by atoms with E-state index >= 15 is 0 Å². The van der Waals surface area contributed by atoms with Crippen molar-refractivity contribution in [1.29, 1.82) is 0 Å². The van der Waals surface area contributed by atoms with Crippen LogP contribution in [0, 0.1) is 0 Å². The van der Waals surface area contributed by atoms with E-state index in [1.54, 1.807) is 30.0 Å². The molecule has 2 rings (SSSR count). The maximum Gasteiger partial charge on any atom is 0.325 e. The first-order valence-corrected chi connectivity index (χ1v) is 10.5. The molecule has 1 heterocycles. The second-order valence-electron chi connectivity index (χ2n) is 6.18. The van der Waals surface area contributed by atoms with Gasteiger partial charge in [0.05, 0.1) is 12.0 Å². The van der Waals surface area contributed by atoms with Crippen molar-refractivity contribution in [3.05, 3.63) is 42.7 Å². The summed E-state index contributed by atoms with van der Waals surface area (Å²) in [5.41, 5.74) is 2.60. The Hall–Kier alpha value is -1.73. The van der Waals surface area contributed by atoms with E-state index in [9.17, 15) is 13.2 Å². The maximum absolute atomic E-state index is 13.1. The summed E-state index contributed by atoms with van der Waals surface area (Å²) in [4.78, 5) is 12.4. The summed E-state index contributed by atoms with van der Waals surface area (Å²) in [5.74, 6) is 0.589. The van der Waals surface area contributed by atoms with Crippen LogP contribution in [0.1, 0.15) is 13.8 Å². The molecule has 1 fully saturated rings. The normalized spacial score (nSPS) is 20.0. The molecule has 0 bridgehead atoms. The van der Waals surface area contributed by atoms with Gasteiger partial charge in [0.1, 0.15) is 18.4 Å². The zero-order valence-corrected chi connectivity index (χ0v) is 16.7. The third-order valence-corrected chi connectivity index (χ3v) is 7.30. The highest BCUT2D eigenvalue weighted by molar-refractivity contribution is 8.00. The van der Waals surface area contributed by atoms with E-state index in [4.69, 9.17) is 9.47 Å². The molecule has 0 unspecified atom stereocenters. The molecule has 26 heavy (non-hydrogen) atoms. The van der Waals surface area contributed by atoms with Gasteiger partial charge in [-0.2, -0.15) is 16.1 Å². The molecule has 0 aliphatic carbocycles. The summed E-state index contributed by atoms with van der Waals surface area (Å²) in [5, 5.41) is 0. The highest BCUT2D eigenvalue weighted by Gasteiger charge is 2.48. The number of benzene rings is 1. The van der Waals surface area contributed by atoms with Crippen LogP contribution in [-0.2, 0) is 19.6 Å². The molecule has 142 valence electrons. The molecule has 0 aromatic heterocycles. The summed E-state index contributed by atoms with van der Waals surface area (Å²) in [7, 11) is -2.58. The van der Waals surface area contributed by atoms with Gasteiger partial charge in [-0.05, 0) is 44.2 Å². The van der Waals surface area contributed by atoms with Crippen molar-refractivity contribution in [2.45, 2.75) is 29.5 Å². The minimum atomic E-state index is -3.85. The molecule has 6 nitrogen and oxygen atoms in total. The predicted octanol–water partition coefficient (Wildman–Crippen LogP) is 2.46. The molecule has 0 saturated carbocycles. The lowest BCUT2D eigenvalue weighted by molar-refractivity contribution is -0.146. The maximum atomic E-state index is 13.1. The van der Waals surface area contributed by atoms with Crippen molar-refractivity contribution in [2.24, 2.45) is 0 Å². The Balaban J connectivity index is 2.32. The molecule has 1 saturated heterocycles. The van der Waals surface area contributed by atoms with Crippen LogP contribution in [0.5, 0.6) is 5.75 Å². The van der Waals surface area contributed by atoms with Crippen molar-refractivity contribution < 1.29 is 22.7 Å². The van der Waals surface area contributed by atoms with Crippen LogP contribution in [0.3, 0.4) is 0 Å². The molecule has 1 aliphatic heterocycles. The van der Waals surface area contributed by atoms with E-state index in [1.165, 1.54) is 23.5 Å². The van der Waals surface area contributed by atoms with Gasteiger partial charge in [-0.1, -0.05) is 6.58 Å². The first kappa shape index (κ1) is 20.6. The first-order valence-electron chi connectivity index (χ1n) is 8.05. The lowest BCUT2D eigenvalue weighted by Crippen LogP contribution is -2.58. The van der Waals surface area contributed by atoms with Gasteiger partial charge in [0.2, 0.25) is 10.0 Å². The van der Waals surface area contributed by atoms with E-state index in [-0.39, 0.29) is 11.4 Å².